The van der Waals surface area contributed by atoms with Crippen molar-refractivity contribution < 1.29 is 0 Å². The van der Waals surface area contributed by atoms with Gasteiger partial charge < -0.3 is 0 Å². The Hall–Kier alpha value is -2.35. The van der Waals surface area contributed by atoms with Crippen molar-refractivity contribution in [2.45, 2.75) is 20.8 Å². The van der Waals surface area contributed by atoms with Crippen LogP contribution in [0.25, 0.3) is 27.3 Å². The maximum Gasteiger partial charge on any atom is 0.0934 e. The molecule has 0 fully saturated rings. The van der Waals surface area contributed by atoms with Crippen LogP contribution < -0.4 is 0 Å². The summed E-state index contributed by atoms with van der Waals surface area (Å²) in [6, 6.07) is 15.2. The molecule has 0 aliphatic heterocycles. The second kappa shape index (κ2) is 3.83. The van der Waals surface area contributed by atoms with E-state index in [0.29, 0.717) is 0 Å². The van der Waals surface area contributed by atoms with Crippen molar-refractivity contribution in [1.29, 1.82) is 0 Å². The zero-order valence-corrected chi connectivity index (χ0v) is 11.9. The standard InChI is InChI=1S/C18H16N2/c1-11-4-6-16-15(9-11)18-10-13(3)14-8-12(2)5-7-17(14)20(18)19-16/h4-10H,1-3H3. The quantitative estimate of drug-likeness (QED) is 0.453. The van der Waals surface area contributed by atoms with Gasteiger partial charge in [-0.15, -0.1) is 0 Å². The third-order valence-electron chi connectivity index (χ3n) is 4.02. The van der Waals surface area contributed by atoms with Gasteiger partial charge in [-0.25, -0.2) is 4.52 Å². The molecule has 98 valence electrons. The number of hydrogen-bond acceptors (Lipinski definition) is 1. The summed E-state index contributed by atoms with van der Waals surface area (Å²) in [6.07, 6.45) is 0. The van der Waals surface area contributed by atoms with Crippen LogP contribution in [0.5, 0.6) is 0 Å². The van der Waals surface area contributed by atoms with Gasteiger partial charge in [0.2, 0.25) is 0 Å². The van der Waals surface area contributed by atoms with Gasteiger partial charge in [-0.1, -0.05) is 23.3 Å². The van der Waals surface area contributed by atoms with Crippen LogP contribution in [0.1, 0.15) is 16.7 Å². The lowest BCUT2D eigenvalue weighted by atomic mass is 10.1. The number of hydrogen-bond donors (Lipinski definition) is 0. The van der Waals surface area contributed by atoms with Gasteiger partial charge in [-0.05, 0) is 56.7 Å². The summed E-state index contributed by atoms with van der Waals surface area (Å²) in [5.41, 5.74) is 7.29. The first kappa shape index (κ1) is 11.5. The fraction of sp³-hybridized carbons (Fsp3) is 0.167. The van der Waals surface area contributed by atoms with Crippen molar-refractivity contribution in [3.63, 3.8) is 0 Å². The normalized spacial score (nSPS) is 11.8. The fourth-order valence-corrected chi connectivity index (χ4v) is 2.97. The number of rotatable bonds is 0. The van der Waals surface area contributed by atoms with Crippen molar-refractivity contribution in [2.75, 3.05) is 0 Å². The molecular weight excluding hydrogens is 244 g/mol. The number of aryl methyl sites for hydroxylation is 3. The maximum atomic E-state index is 4.77. The van der Waals surface area contributed by atoms with Crippen molar-refractivity contribution in [3.8, 4) is 0 Å². The zero-order valence-electron chi connectivity index (χ0n) is 11.9. The van der Waals surface area contributed by atoms with Crippen LogP contribution >= 0.6 is 0 Å². The van der Waals surface area contributed by atoms with Crippen LogP contribution in [0.2, 0.25) is 0 Å². The molecule has 4 aromatic rings. The van der Waals surface area contributed by atoms with Crippen LogP contribution in [-0.4, -0.2) is 9.61 Å². The molecule has 0 aliphatic rings. The highest BCUT2D eigenvalue weighted by Crippen LogP contribution is 2.28. The smallest absolute Gasteiger partial charge is 0.0934 e. The van der Waals surface area contributed by atoms with Gasteiger partial charge >= 0.3 is 0 Å². The van der Waals surface area contributed by atoms with Crippen LogP contribution in [0, 0.1) is 20.8 Å². The van der Waals surface area contributed by atoms with Gasteiger partial charge in [-0.3, -0.25) is 0 Å². The highest BCUT2D eigenvalue weighted by molar-refractivity contribution is 5.99. The second-order valence-electron chi connectivity index (χ2n) is 5.67. The molecule has 2 aromatic heterocycles. The Balaban J connectivity index is 2.29. The molecular formula is C18H16N2. The molecule has 0 radical (unpaired) electrons. The molecule has 0 bridgehead atoms. The molecule has 0 amide bonds. The van der Waals surface area contributed by atoms with Crippen LogP contribution in [0.3, 0.4) is 0 Å². The molecule has 0 saturated heterocycles. The van der Waals surface area contributed by atoms with E-state index in [0.717, 1.165) is 5.52 Å². The number of aromatic nitrogens is 2. The third-order valence-corrected chi connectivity index (χ3v) is 4.02. The topological polar surface area (TPSA) is 17.3 Å². The first-order valence-corrected chi connectivity index (χ1v) is 6.92. The van der Waals surface area contributed by atoms with Crippen molar-refractivity contribution >= 4 is 27.3 Å². The Morgan fingerprint density at radius 1 is 0.750 bits per heavy atom. The van der Waals surface area contributed by atoms with E-state index in [1.807, 2.05) is 0 Å². The molecule has 0 N–H and O–H groups in total. The van der Waals surface area contributed by atoms with Gasteiger partial charge in [0.1, 0.15) is 0 Å². The Bertz CT molecular complexity index is 977. The number of benzene rings is 2. The average Bonchev–Trinajstić information content (AvgIpc) is 2.77. The van der Waals surface area contributed by atoms with Crippen molar-refractivity contribution in [2.24, 2.45) is 0 Å². The fourth-order valence-electron chi connectivity index (χ4n) is 2.97. The molecule has 0 aliphatic carbocycles. The molecule has 2 heteroatoms. The van der Waals surface area contributed by atoms with Crippen LogP contribution in [0.15, 0.2) is 42.5 Å². The molecule has 2 nitrogen and oxygen atoms in total. The van der Waals surface area contributed by atoms with E-state index in [2.05, 4.69) is 67.8 Å². The minimum atomic E-state index is 1.06. The summed E-state index contributed by atoms with van der Waals surface area (Å²) in [5, 5.41) is 7.28. The van der Waals surface area contributed by atoms with Gasteiger partial charge in [0.15, 0.2) is 0 Å². The lowest BCUT2D eigenvalue weighted by molar-refractivity contribution is 1.02. The maximum absolute atomic E-state index is 4.77. The summed E-state index contributed by atoms with van der Waals surface area (Å²) in [6.45, 7) is 6.43. The van der Waals surface area contributed by atoms with Crippen LogP contribution in [-0.2, 0) is 0 Å². The highest BCUT2D eigenvalue weighted by atomic mass is 15.2. The zero-order chi connectivity index (χ0) is 13.9. The van der Waals surface area contributed by atoms with Crippen LogP contribution in [0.4, 0.5) is 0 Å². The van der Waals surface area contributed by atoms with E-state index in [9.17, 15) is 0 Å². The second-order valence-corrected chi connectivity index (χ2v) is 5.67. The number of nitrogens with zero attached hydrogens (tertiary/aromatic N) is 2. The first-order chi connectivity index (χ1) is 9.63. The van der Waals surface area contributed by atoms with Gasteiger partial charge in [0.25, 0.3) is 0 Å². The third kappa shape index (κ3) is 1.48. The molecule has 2 aromatic carbocycles. The minimum absolute atomic E-state index is 1.06. The molecule has 0 spiro atoms. The number of pyridine rings is 1. The molecule has 0 atom stereocenters. The summed E-state index contributed by atoms with van der Waals surface area (Å²) in [7, 11) is 0. The van der Waals surface area contributed by atoms with Crippen molar-refractivity contribution in [3.05, 3.63) is 59.2 Å². The van der Waals surface area contributed by atoms with E-state index in [1.54, 1.807) is 0 Å². The van der Waals surface area contributed by atoms with E-state index in [-0.39, 0.29) is 0 Å². The Kier molecular flexibility index (Phi) is 2.19. The lowest BCUT2D eigenvalue weighted by Gasteiger charge is -2.06. The Morgan fingerprint density at radius 3 is 2.25 bits per heavy atom. The average molecular weight is 260 g/mol. The first-order valence-electron chi connectivity index (χ1n) is 6.92. The minimum Gasteiger partial charge on any atom is -0.232 e. The van der Waals surface area contributed by atoms with Gasteiger partial charge in [0, 0.05) is 10.8 Å². The summed E-state index contributed by atoms with van der Waals surface area (Å²) in [4.78, 5) is 0. The van der Waals surface area contributed by atoms with Crippen molar-refractivity contribution in [1.82, 2.24) is 9.61 Å². The Morgan fingerprint density at radius 2 is 1.45 bits per heavy atom. The van der Waals surface area contributed by atoms with E-state index in [4.69, 9.17) is 5.10 Å². The predicted molar refractivity (Wildman–Crippen MR) is 84.4 cm³/mol. The van der Waals surface area contributed by atoms with Gasteiger partial charge in [-0.2, -0.15) is 5.10 Å². The lowest BCUT2D eigenvalue weighted by Crippen LogP contribution is -1.92. The van der Waals surface area contributed by atoms with E-state index < -0.39 is 0 Å². The SMILES string of the molecule is Cc1ccc2c(c1)c(C)cc1c3cc(C)ccc3nn21. The summed E-state index contributed by atoms with van der Waals surface area (Å²) in [5.74, 6) is 0. The molecule has 4 rings (SSSR count). The Labute approximate surface area is 117 Å². The van der Waals surface area contributed by atoms with E-state index in [1.165, 1.54) is 38.5 Å². The van der Waals surface area contributed by atoms with E-state index >= 15 is 0 Å². The van der Waals surface area contributed by atoms with Gasteiger partial charge in [0.05, 0.1) is 16.6 Å². The molecule has 20 heavy (non-hydrogen) atoms. The predicted octanol–water partition coefficient (Wildman–Crippen LogP) is 4.57. The summed E-state index contributed by atoms with van der Waals surface area (Å²) >= 11 is 0. The summed E-state index contributed by atoms with van der Waals surface area (Å²) < 4.78 is 2.08. The molecule has 2 heterocycles. The number of fused-ring (bicyclic) bond motifs is 5. The highest BCUT2D eigenvalue weighted by Gasteiger charge is 2.10. The monoisotopic (exact) mass is 260 g/mol. The largest absolute Gasteiger partial charge is 0.232 e. The molecule has 0 unspecified atom stereocenters. The molecule has 0 saturated carbocycles.